The molecule has 2 N–H and O–H groups in total. The van der Waals surface area contributed by atoms with Crippen LogP contribution in [0.4, 0.5) is 0 Å². The minimum absolute atomic E-state index is 0.642. The number of methoxy groups -OCH3 is 1. The Bertz CT molecular complexity index is 594. The van der Waals surface area contributed by atoms with Crippen LogP contribution >= 0.6 is 0 Å². The normalized spacial score (nSPS) is 11.5. The Kier molecular flexibility index (Phi) is 7.20. The molecule has 0 spiro atoms. The molecule has 23 heavy (non-hydrogen) atoms. The summed E-state index contributed by atoms with van der Waals surface area (Å²) in [5, 5.41) is 6.59. The Balaban J connectivity index is 1.87. The fourth-order valence-corrected chi connectivity index (χ4v) is 2.19. The minimum atomic E-state index is 0.642. The summed E-state index contributed by atoms with van der Waals surface area (Å²) in [7, 11) is 1.69. The summed E-state index contributed by atoms with van der Waals surface area (Å²) in [5.41, 5.74) is 2.45. The van der Waals surface area contributed by atoms with E-state index in [-0.39, 0.29) is 0 Å². The summed E-state index contributed by atoms with van der Waals surface area (Å²) in [6.07, 6.45) is 2.52. The average Bonchev–Trinajstić information content (AvgIpc) is 3.06. The topological polar surface area (TPSA) is 58.8 Å². The summed E-state index contributed by atoms with van der Waals surface area (Å²) in [6.45, 7) is 4.86. The van der Waals surface area contributed by atoms with E-state index in [0.717, 1.165) is 31.2 Å². The minimum Gasteiger partial charge on any atom is -0.469 e. The van der Waals surface area contributed by atoms with E-state index in [0.29, 0.717) is 13.2 Å². The van der Waals surface area contributed by atoms with E-state index in [1.54, 1.807) is 13.4 Å². The van der Waals surface area contributed by atoms with Crippen molar-refractivity contribution in [3.05, 3.63) is 59.5 Å². The van der Waals surface area contributed by atoms with Gasteiger partial charge >= 0.3 is 0 Å². The number of nitrogens with one attached hydrogen (secondary N) is 2. The van der Waals surface area contributed by atoms with Crippen molar-refractivity contribution in [2.45, 2.75) is 19.9 Å². The lowest BCUT2D eigenvalue weighted by molar-refractivity contribution is 0.203. The molecule has 0 unspecified atom stereocenters. The highest BCUT2D eigenvalue weighted by Gasteiger charge is 2.01. The third kappa shape index (κ3) is 6.57. The highest BCUT2D eigenvalue weighted by atomic mass is 16.5. The maximum atomic E-state index is 5.34. The molecule has 0 saturated heterocycles. The van der Waals surface area contributed by atoms with Gasteiger partial charge in [0, 0.05) is 26.6 Å². The summed E-state index contributed by atoms with van der Waals surface area (Å²) in [6, 6.07) is 12.3. The number of aliphatic imine (C=N–C) groups is 1. The van der Waals surface area contributed by atoms with Crippen LogP contribution in [0.1, 0.15) is 16.9 Å². The lowest BCUT2D eigenvalue weighted by Gasteiger charge is -2.12. The van der Waals surface area contributed by atoms with Crippen molar-refractivity contribution >= 4 is 5.96 Å². The quantitative estimate of drug-likeness (QED) is 0.446. The molecular weight excluding hydrogens is 290 g/mol. The van der Waals surface area contributed by atoms with Crippen molar-refractivity contribution in [2.24, 2.45) is 4.99 Å². The zero-order chi connectivity index (χ0) is 16.3. The molecular formula is C18H25N3O2. The first kappa shape index (κ1) is 17.1. The summed E-state index contributed by atoms with van der Waals surface area (Å²) < 4.78 is 10.4. The highest BCUT2D eigenvalue weighted by molar-refractivity contribution is 5.79. The number of rotatable bonds is 8. The van der Waals surface area contributed by atoms with Crippen LogP contribution in [0.2, 0.25) is 0 Å². The number of hydrogen-bond acceptors (Lipinski definition) is 3. The Hall–Kier alpha value is -2.27. The largest absolute Gasteiger partial charge is 0.469 e. The molecule has 0 aliphatic heterocycles. The predicted molar refractivity (Wildman–Crippen MR) is 92.6 cm³/mol. The van der Waals surface area contributed by atoms with Crippen molar-refractivity contribution in [1.29, 1.82) is 0 Å². The number of benzene rings is 1. The van der Waals surface area contributed by atoms with E-state index >= 15 is 0 Å². The SMILES string of the molecule is COCCNC(=NCc1cccc(C)c1)NCCc1ccco1. The molecule has 0 radical (unpaired) electrons. The van der Waals surface area contributed by atoms with E-state index in [1.807, 2.05) is 12.1 Å². The second-order valence-corrected chi connectivity index (χ2v) is 5.33. The zero-order valence-corrected chi connectivity index (χ0v) is 13.8. The van der Waals surface area contributed by atoms with Crippen LogP contribution in [0.3, 0.4) is 0 Å². The van der Waals surface area contributed by atoms with Gasteiger partial charge in [0.1, 0.15) is 5.76 Å². The van der Waals surface area contributed by atoms with Gasteiger partial charge in [-0.2, -0.15) is 0 Å². The van der Waals surface area contributed by atoms with Gasteiger partial charge in [-0.1, -0.05) is 29.8 Å². The van der Waals surface area contributed by atoms with Gasteiger partial charge in [0.2, 0.25) is 0 Å². The smallest absolute Gasteiger partial charge is 0.191 e. The first-order valence-electron chi connectivity index (χ1n) is 7.87. The maximum Gasteiger partial charge on any atom is 0.191 e. The van der Waals surface area contributed by atoms with Crippen LogP contribution in [0.5, 0.6) is 0 Å². The first-order chi connectivity index (χ1) is 11.3. The Labute approximate surface area is 137 Å². The van der Waals surface area contributed by atoms with Crippen LogP contribution in [0, 0.1) is 6.92 Å². The number of guanidine groups is 1. The number of aryl methyl sites for hydroxylation is 1. The second-order valence-electron chi connectivity index (χ2n) is 5.33. The Morgan fingerprint density at radius 1 is 1.17 bits per heavy atom. The zero-order valence-electron chi connectivity index (χ0n) is 13.8. The molecule has 1 aromatic heterocycles. The number of ether oxygens (including phenoxy) is 1. The lowest BCUT2D eigenvalue weighted by atomic mass is 10.1. The molecule has 2 rings (SSSR count). The Morgan fingerprint density at radius 3 is 2.78 bits per heavy atom. The summed E-state index contributed by atoms with van der Waals surface area (Å²) in [5.74, 6) is 1.75. The molecule has 0 saturated carbocycles. The van der Waals surface area contributed by atoms with Crippen LogP contribution in [0.25, 0.3) is 0 Å². The van der Waals surface area contributed by atoms with E-state index in [2.05, 4.69) is 46.8 Å². The summed E-state index contributed by atoms with van der Waals surface area (Å²) in [4.78, 5) is 4.63. The molecule has 5 heteroatoms. The van der Waals surface area contributed by atoms with Gasteiger partial charge < -0.3 is 19.8 Å². The first-order valence-corrected chi connectivity index (χ1v) is 7.87. The monoisotopic (exact) mass is 315 g/mol. The molecule has 1 aromatic carbocycles. The molecule has 0 fully saturated rings. The number of furan rings is 1. The summed E-state index contributed by atoms with van der Waals surface area (Å²) >= 11 is 0. The number of hydrogen-bond donors (Lipinski definition) is 2. The molecule has 0 aliphatic carbocycles. The maximum absolute atomic E-state index is 5.34. The van der Waals surface area contributed by atoms with Crippen molar-refractivity contribution in [3.8, 4) is 0 Å². The second kappa shape index (κ2) is 9.69. The third-order valence-electron chi connectivity index (χ3n) is 3.34. The molecule has 0 bridgehead atoms. The van der Waals surface area contributed by atoms with E-state index in [9.17, 15) is 0 Å². The predicted octanol–water partition coefficient (Wildman–Crippen LogP) is 2.51. The fraction of sp³-hybridized carbons (Fsp3) is 0.389. The molecule has 5 nitrogen and oxygen atoms in total. The van der Waals surface area contributed by atoms with Crippen molar-refractivity contribution in [2.75, 3.05) is 26.8 Å². The lowest BCUT2D eigenvalue weighted by Crippen LogP contribution is -2.40. The van der Waals surface area contributed by atoms with E-state index < -0.39 is 0 Å². The van der Waals surface area contributed by atoms with Gasteiger partial charge in [-0.25, -0.2) is 4.99 Å². The van der Waals surface area contributed by atoms with Crippen molar-refractivity contribution in [1.82, 2.24) is 10.6 Å². The van der Waals surface area contributed by atoms with Crippen LogP contribution in [0.15, 0.2) is 52.1 Å². The van der Waals surface area contributed by atoms with Crippen molar-refractivity contribution in [3.63, 3.8) is 0 Å². The average molecular weight is 315 g/mol. The molecule has 1 heterocycles. The standard InChI is InChI=1S/C18H25N3O2/c1-15-5-3-6-16(13-15)14-21-18(20-10-12-22-2)19-9-8-17-7-4-11-23-17/h3-7,11,13H,8-10,12,14H2,1-2H3,(H2,19,20,21). The molecule has 0 amide bonds. The van der Waals surface area contributed by atoms with Gasteiger partial charge in [0.25, 0.3) is 0 Å². The molecule has 124 valence electrons. The van der Waals surface area contributed by atoms with Crippen molar-refractivity contribution < 1.29 is 9.15 Å². The third-order valence-corrected chi connectivity index (χ3v) is 3.34. The van der Waals surface area contributed by atoms with Crippen LogP contribution in [-0.4, -0.2) is 32.8 Å². The molecule has 0 aliphatic rings. The van der Waals surface area contributed by atoms with Gasteiger partial charge in [-0.15, -0.1) is 0 Å². The van der Waals surface area contributed by atoms with Crippen LogP contribution in [-0.2, 0) is 17.7 Å². The van der Waals surface area contributed by atoms with E-state index in [4.69, 9.17) is 9.15 Å². The van der Waals surface area contributed by atoms with Gasteiger partial charge in [0.05, 0.1) is 19.4 Å². The van der Waals surface area contributed by atoms with E-state index in [1.165, 1.54) is 11.1 Å². The van der Waals surface area contributed by atoms with Gasteiger partial charge in [-0.3, -0.25) is 0 Å². The van der Waals surface area contributed by atoms with Gasteiger partial charge in [0.15, 0.2) is 5.96 Å². The van der Waals surface area contributed by atoms with Gasteiger partial charge in [-0.05, 0) is 24.6 Å². The molecule has 2 aromatic rings. The molecule has 0 atom stereocenters. The highest BCUT2D eigenvalue weighted by Crippen LogP contribution is 2.05. The van der Waals surface area contributed by atoms with Crippen LogP contribution < -0.4 is 10.6 Å². The number of nitrogens with zero attached hydrogens (tertiary/aromatic N) is 1. The Morgan fingerprint density at radius 2 is 2.04 bits per heavy atom. The fourth-order valence-electron chi connectivity index (χ4n) is 2.19.